The summed E-state index contributed by atoms with van der Waals surface area (Å²) in [5.74, 6) is 0.659. The van der Waals surface area contributed by atoms with Crippen LogP contribution in [0.3, 0.4) is 0 Å². The molecule has 0 saturated carbocycles. The van der Waals surface area contributed by atoms with Crippen molar-refractivity contribution in [1.82, 2.24) is 25.0 Å². The van der Waals surface area contributed by atoms with Crippen molar-refractivity contribution < 1.29 is 4.52 Å². The molecular formula is C8H11N5O. The molecule has 2 heterocycles. The lowest BCUT2D eigenvalue weighted by molar-refractivity contribution is 0.407. The van der Waals surface area contributed by atoms with Gasteiger partial charge in [-0.3, -0.25) is 0 Å². The molecule has 1 N–H and O–H groups in total. The Kier molecular flexibility index (Phi) is 2.55. The number of aryl methyl sites for hydroxylation is 1. The van der Waals surface area contributed by atoms with Crippen LogP contribution in [0.2, 0.25) is 0 Å². The first-order valence-electron chi connectivity index (χ1n) is 4.27. The molecule has 6 heteroatoms. The van der Waals surface area contributed by atoms with Crippen molar-refractivity contribution in [1.29, 1.82) is 0 Å². The minimum Gasteiger partial charge on any atom is -0.343 e. The van der Waals surface area contributed by atoms with E-state index in [1.54, 1.807) is 6.33 Å². The lowest BCUT2D eigenvalue weighted by Gasteiger charge is -2.01. The molecule has 0 fully saturated rings. The van der Waals surface area contributed by atoms with Crippen molar-refractivity contribution in [2.75, 3.05) is 0 Å². The average Bonchev–Trinajstić information content (AvgIpc) is 2.78. The van der Waals surface area contributed by atoms with Gasteiger partial charge in [-0.1, -0.05) is 5.16 Å². The fourth-order valence-electron chi connectivity index (χ4n) is 1.13. The van der Waals surface area contributed by atoms with Crippen LogP contribution in [0.1, 0.15) is 11.5 Å². The summed E-state index contributed by atoms with van der Waals surface area (Å²) in [6, 6.07) is 0. The fourth-order valence-corrected chi connectivity index (χ4v) is 1.13. The molecule has 0 bridgehead atoms. The third-order valence-electron chi connectivity index (χ3n) is 1.91. The zero-order valence-electron chi connectivity index (χ0n) is 7.84. The lowest BCUT2D eigenvalue weighted by atomic mass is 10.4. The Balaban J connectivity index is 1.81. The van der Waals surface area contributed by atoms with Crippen LogP contribution < -0.4 is 5.32 Å². The van der Waals surface area contributed by atoms with E-state index in [0.717, 1.165) is 12.2 Å². The van der Waals surface area contributed by atoms with Gasteiger partial charge in [-0.2, -0.15) is 4.98 Å². The number of nitrogens with zero attached hydrogens (tertiary/aromatic N) is 4. The molecule has 0 atom stereocenters. The standard InChI is InChI=1S/C8H11N5O/c1-13-5-10-3-7(13)2-9-4-8-11-6-14-12-8/h3,5-6,9H,2,4H2,1H3. The minimum atomic E-state index is 0.599. The highest BCUT2D eigenvalue weighted by Crippen LogP contribution is 1.95. The molecule has 0 radical (unpaired) electrons. The first-order chi connectivity index (χ1) is 6.86. The summed E-state index contributed by atoms with van der Waals surface area (Å²) in [7, 11) is 1.96. The first-order valence-corrected chi connectivity index (χ1v) is 4.27. The van der Waals surface area contributed by atoms with Crippen LogP contribution in [0.25, 0.3) is 0 Å². The summed E-state index contributed by atoms with van der Waals surface area (Å²) in [5.41, 5.74) is 1.12. The molecule has 0 aliphatic rings. The van der Waals surface area contributed by atoms with Crippen molar-refractivity contribution in [2.45, 2.75) is 13.1 Å². The van der Waals surface area contributed by atoms with Crippen LogP contribution in [0.4, 0.5) is 0 Å². The fraction of sp³-hybridized carbons (Fsp3) is 0.375. The molecule has 0 amide bonds. The highest BCUT2D eigenvalue weighted by atomic mass is 16.5. The second kappa shape index (κ2) is 4.01. The summed E-state index contributed by atoms with van der Waals surface area (Å²) in [6.07, 6.45) is 4.91. The Labute approximate surface area is 81.0 Å². The van der Waals surface area contributed by atoms with Gasteiger partial charge in [0.05, 0.1) is 18.6 Å². The van der Waals surface area contributed by atoms with Crippen LogP contribution >= 0.6 is 0 Å². The van der Waals surface area contributed by atoms with Crippen LogP contribution in [0, 0.1) is 0 Å². The average molecular weight is 193 g/mol. The van der Waals surface area contributed by atoms with Gasteiger partial charge in [0.2, 0.25) is 6.39 Å². The maximum absolute atomic E-state index is 4.61. The molecule has 0 unspecified atom stereocenters. The number of hydrogen-bond acceptors (Lipinski definition) is 5. The predicted molar refractivity (Wildman–Crippen MR) is 48.0 cm³/mol. The van der Waals surface area contributed by atoms with E-state index in [-0.39, 0.29) is 0 Å². The van der Waals surface area contributed by atoms with Crippen molar-refractivity contribution in [3.8, 4) is 0 Å². The van der Waals surface area contributed by atoms with E-state index in [0.29, 0.717) is 12.4 Å². The van der Waals surface area contributed by atoms with Gasteiger partial charge in [-0.05, 0) is 0 Å². The molecule has 0 aromatic carbocycles. The van der Waals surface area contributed by atoms with Gasteiger partial charge in [0, 0.05) is 19.8 Å². The topological polar surface area (TPSA) is 68.8 Å². The summed E-state index contributed by atoms with van der Waals surface area (Å²) in [4.78, 5) is 7.91. The minimum absolute atomic E-state index is 0.599. The monoisotopic (exact) mass is 193 g/mol. The zero-order valence-corrected chi connectivity index (χ0v) is 7.84. The number of aromatic nitrogens is 4. The second-order valence-corrected chi connectivity index (χ2v) is 2.95. The predicted octanol–water partition coefficient (Wildman–Crippen LogP) is 0.0929. The molecule has 0 spiro atoms. The Hall–Kier alpha value is -1.69. The summed E-state index contributed by atoms with van der Waals surface area (Å²) in [5, 5.41) is 6.87. The highest BCUT2D eigenvalue weighted by molar-refractivity contribution is 4.96. The molecule has 0 aliphatic carbocycles. The number of imidazole rings is 1. The van der Waals surface area contributed by atoms with E-state index in [1.165, 1.54) is 6.39 Å². The summed E-state index contributed by atoms with van der Waals surface area (Å²) >= 11 is 0. The van der Waals surface area contributed by atoms with E-state index >= 15 is 0 Å². The molecular weight excluding hydrogens is 182 g/mol. The van der Waals surface area contributed by atoms with Crippen molar-refractivity contribution in [3.05, 3.63) is 30.4 Å². The Morgan fingerprint density at radius 3 is 3.07 bits per heavy atom. The van der Waals surface area contributed by atoms with Gasteiger partial charge in [0.25, 0.3) is 0 Å². The van der Waals surface area contributed by atoms with Gasteiger partial charge < -0.3 is 14.4 Å². The molecule has 2 aromatic rings. The van der Waals surface area contributed by atoms with E-state index in [2.05, 4.69) is 25.0 Å². The van der Waals surface area contributed by atoms with Crippen molar-refractivity contribution in [2.24, 2.45) is 7.05 Å². The van der Waals surface area contributed by atoms with Crippen LogP contribution in [0.15, 0.2) is 23.4 Å². The van der Waals surface area contributed by atoms with Gasteiger partial charge in [0.15, 0.2) is 5.82 Å². The summed E-state index contributed by atoms with van der Waals surface area (Å²) in [6.45, 7) is 1.34. The van der Waals surface area contributed by atoms with Gasteiger partial charge in [-0.25, -0.2) is 4.98 Å². The number of nitrogens with one attached hydrogen (secondary N) is 1. The molecule has 0 aliphatic heterocycles. The SMILES string of the molecule is Cn1cncc1CNCc1ncon1. The molecule has 0 saturated heterocycles. The quantitative estimate of drug-likeness (QED) is 0.745. The van der Waals surface area contributed by atoms with Crippen molar-refractivity contribution in [3.63, 3.8) is 0 Å². The Morgan fingerprint density at radius 2 is 2.43 bits per heavy atom. The maximum atomic E-state index is 4.61. The highest BCUT2D eigenvalue weighted by Gasteiger charge is 1.99. The van der Waals surface area contributed by atoms with Gasteiger partial charge >= 0.3 is 0 Å². The van der Waals surface area contributed by atoms with Crippen molar-refractivity contribution >= 4 is 0 Å². The Bertz CT molecular complexity index is 380. The van der Waals surface area contributed by atoms with E-state index < -0.39 is 0 Å². The number of hydrogen-bond donors (Lipinski definition) is 1. The molecule has 2 aromatic heterocycles. The van der Waals surface area contributed by atoms with Crippen LogP contribution in [-0.2, 0) is 20.1 Å². The van der Waals surface area contributed by atoms with E-state index in [4.69, 9.17) is 0 Å². The maximum Gasteiger partial charge on any atom is 0.213 e. The largest absolute Gasteiger partial charge is 0.343 e. The normalized spacial score (nSPS) is 10.6. The Morgan fingerprint density at radius 1 is 1.50 bits per heavy atom. The first kappa shape index (κ1) is 8.89. The van der Waals surface area contributed by atoms with E-state index in [1.807, 2.05) is 17.8 Å². The van der Waals surface area contributed by atoms with Gasteiger partial charge in [0.1, 0.15) is 0 Å². The third kappa shape index (κ3) is 1.97. The molecule has 2 rings (SSSR count). The number of rotatable bonds is 4. The van der Waals surface area contributed by atoms with Crippen LogP contribution in [-0.4, -0.2) is 19.7 Å². The lowest BCUT2D eigenvalue weighted by Crippen LogP contribution is -2.15. The van der Waals surface area contributed by atoms with E-state index in [9.17, 15) is 0 Å². The van der Waals surface area contributed by atoms with Gasteiger partial charge in [-0.15, -0.1) is 0 Å². The summed E-state index contributed by atoms with van der Waals surface area (Å²) < 4.78 is 6.57. The molecule has 14 heavy (non-hydrogen) atoms. The third-order valence-corrected chi connectivity index (χ3v) is 1.91. The second-order valence-electron chi connectivity index (χ2n) is 2.95. The van der Waals surface area contributed by atoms with Crippen LogP contribution in [0.5, 0.6) is 0 Å². The molecule has 6 nitrogen and oxygen atoms in total. The zero-order chi connectivity index (χ0) is 9.80. The smallest absolute Gasteiger partial charge is 0.213 e. The molecule has 74 valence electrons.